The van der Waals surface area contributed by atoms with Crippen LogP contribution in [0.25, 0.3) is 0 Å². The number of pyridine rings is 1. The molecule has 0 spiro atoms. The van der Waals surface area contributed by atoms with Gasteiger partial charge in [-0.25, -0.2) is 0 Å². The fourth-order valence-corrected chi connectivity index (χ4v) is 2.29. The number of rotatable bonds is 3. The molecule has 18 heavy (non-hydrogen) atoms. The summed E-state index contributed by atoms with van der Waals surface area (Å²) in [5.74, 6) is 0.126. The lowest BCUT2D eigenvalue weighted by molar-refractivity contribution is 0.315. The number of hydrogen-bond acceptors (Lipinski definition) is 5. The number of hydrogen-bond donors (Lipinski definition) is 2. The van der Waals surface area contributed by atoms with Gasteiger partial charge in [0, 0.05) is 30.9 Å². The molecule has 0 bridgehead atoms. The van der Waals surface area contributed by atoms with E-state index in [1.165, 1.54) is 0 Å². The van der Waals surface area contributed by atoms with E-state index in [0.29, 0.717) is 6.04 Å². The number of likely N-dealkylation sites (N-methyl/N-ethyl adjacent to an activating group) is 1. The number of aromatic nitrogens is 1. The van der Waals surface area contributed by atoms with Gasteiger partial charge in [-0.05, 0) is 26.6 Å². The quantitative estimate of drug-likeness (QED) is 0.349. The second-order valence-electron chi connectivity index (χ2n) is 4.73. The first kappa shape index (κ1) is 12.6. The maximum absolute atomic E-state index is 8.81. The van der Waals surface area contributed by atoms with E-state index in [4.69, 9.17) is 10.9 Å². The van der Waals surface area contributed by atoms with Gasteiger partial charge in [0.2, 0.25) is 0 Å². The highest BCUT2D eigenvalue weighted by molar-refractivity contribution is 6.02. The highest BCUT2D eigenvalue weighted by Crippen LogP contribution is 2.24. The maximum atomic E-state index is 8.81. The smallest absolute Gasteiger partial charge is 0.172 e. The summed E-state index contributed by atoms with van der Waals surface area (Å²) in [4.78, 5) is 8.58. The van der Waals surface area contributed by atoms with E-state index < -0.39 is 0 Å². The maximum Gasteiger partial charge on any atom is 0.172 e. The zero-order valence-corrected chi connectivity index (χ0v) is 10.7. The van der Waals surface area contributed by atoms with Crippen LogP contribution in [-0.2, 0) is 0 Å². The van der Waals surface area contributed by atoms with Crippen LogP contribution < -0.4 is 10.6 Å². The molecular formula is C12H19N5O. The van der Waals surface area contributed by atoms with E-state index in [9.17, 15) is 0 Å². The third-order valence-corrected chi connectivity index (χ3v) is 3.42. The molecule has 0 aliphatic carbocycles. The second-order valence-corrected chi connectivity index (χ2v) is 4.73. The summed E-state index contributed by atoms with van der Waals surface area (Å²) >= 11 is 0. The number of oxime groups is 1. The summed E-state index contributed by atoms with van der Waals surface area (Å²) in [5, 5.41) is 11.9. The summed E-state index contributed by atoms with van der Waals surface area (Å²) in [5.41, 5.74) is 7.35. The Bertz CT molecular complexity index is 446. The topological polar surface area (TPSA) is 78.0 Å². The van der Waals surface area contributed by atoms with Crippen molar-refractivity contribution in [1.82, 2.24) is 9.88 Å². The van der Waals surface area contributed by atoms with Crippen molar-refractivity contribution in [2.75, 3.05) is 32.1 Å². The highest BCUT2D eigenvalue weighted by Gasteiger charge is 2.26. The molecule has 2 rings (SSSR count). The number of nitrogens with zero attached hydrogens (tertiary/aromatic N) is 4. The van der Waals surface area contributed by atoms with Crippen molar-refractivity contribution in [3.05, 3.63) is 24.0 Å². The summed E-state index contributed by atoms with van der Waals surface area (Å²) in [6.45, 7) is 1.89. The van der Waals surface area contributed by atoms with Crippen LogP contribution in [0.1, 0.15) is 12.0 Å². The molecule has 1 aromatic heterocycles. The first-order chi connectivity index (χ1) is 8.63. The minimum atomic E-state index is 0.126. The Labute approximate surface area is 107 Å². The highest BCUT2D eigenvalue weighted by atomic mass is 16.4. The van der Waals surface area contributed by atoms with Crippen molar-refractivity contribution in [3.63, 3.8) is 0 Å². The molecule has 0 radical (unpaired) electrons. The number of nitrogens with two attached hydrogens (primary N) is 1. The number of amidine groups is 1. The van der Waals surface area contributed by atoms with Gasteiger partial charge in [0.25, 0.3) is 0 Å². The van der Waals surface area contributed by atoms with Gasteiger partial charge in [-0.1, -0.05) is 5.16 Å². The monoisotopic (exact) mass is 249 g/mol. The summed E-state index contributed by atoms with van der Waals surface area (Å²) < 4.78 is 0. The minimum Gasteiger partial charge on any atom is -0.409 e. The Hall–Kier alpha value is -1.82. The van der Waals surface area contributed by atoms with Crippen LogP contribution in [0.5, 0.6) is 0 Å². The molecule has 2 heterocycles. The average molecular weight is 249 g/mol. The predicted octanol–water partition coefficient (Wildman–Crippen LogP) is 0.316. The van der Waals surface area contributed by atoms with Crippen LogP contribution in [0.4, 0.5) is 5.69 Å². The molecule has 1 unspecified atom stereocenters. The lowest BCUT2D eigenvalue weighted by Gasteiger charge is -2.23. The Kier molecular flexibility index (Phi) is 3.66. The van der Waals surface area contributed by atoms with Crippen LogP contribution in [0.15, 0.2) is 23.6 Å². The van der Waals surface area contributed by atoms with Crippen LogP contribution in [-0.4, -0.2) is 54.2 Å². The van der Waals surface area contributed by atoms with Crippen molar-refractivity contribution in [2.24, 2.45) is 10.9 Å². The average Bonchev–Trinajstić information content (AvgIpc) is 2.87. The molecule has 3 N–H and O–H groups in total. The van der Waals surface area contributed by atoms with Crippen molar-refractivity contribution in [2.45, 2.75) is 12.5 Å². The Morgan fingerprint density at radius 3 is 3.00 bits per heavy atom. The van der Waals surface area contributed by atoms with Gasteiger partial charge in [-0.3, -0.25) is 4.98 Å². The molecule has 0 saturated carbocycles. The third-order valence-electron chi connectivity index (χ3n) is 3.42. The van der Waals surface area contributed by atoms with Crippen LogP contribution in [0.3, 0.4) is 0 Å². The van der Waals surface area contributed by atoms with Crippen LogP contribution in [0, 0.1) is 0 Å². The van der Waals surface area contributed by atoms with E-state index in [1.807, 2.05) is 0 Å². The summed E-state index contributed by atoms with van der Waals surface area (Å²) in [6.07, 6.45) is 4.53. The SMILES string of the molecule is CN(C)C1CCN(c2cnccc2/C(N)=N/O)C1. The van der Waals surface area contributed by atoms with Crippen molar-refractivity contribution < 1.29 is 5.21 Å². The van der Waals surface area contributed by atoms with Crippen molar-refractivity contribution in [3.8, 4) is 0 Å². The van der Waals surface area contributed by atoms with Gasteiger partial charge in [0.15, 0.2) is 5.84 Å². The first-order valence-corrected chi connectivity index (χ1v) is 5.96. The molecule has 1 fully saturated rings. The zero-order valence-electron chi connectivity index (χ0n) is 10.7. The lowest BCUT2D eigenvalue weighted by Crippen LogP contribution is -2.32. The second kappa shape index (κ2) is 5.22. The van der Waals surface area contributed by atoms with Gasteiger partial charge < -0.3 is 20.7 Å². The Morgan fingerprint density at radius 1 is 1.61 bits per heavy atom. The molecule has 0 aromatic carbocycles. The predicted molar refractivity (Wildman–Crippen MR) is 71.1 cm³/mol. The molecule has 1 aromatic rings. The minimum absolute atomic E-state index is 0.126. The molecule has 1 atom stereocenters. The summed E-state index contributed by atoms with van der Waals surface area (Å²) in [7, 11) is 4.17. The molecular weight excluding hydrogens is 230 g/mol. The summed E-state index contributed by atoms with van der Waals surface area (Å²) in [6, 6.07) is 2.30. The van der Waals surface area contributed by atoms with Gasteiger partial charge in [-0.2, -0.15) is 0 Å². The largest absolute Gasteiger partial charge is 0.409 e. The van der Waals surface area contributed by atoms with Crippen LogP contribution in [0.2, 0.25) is 0 Å². The van der Waals surface area contributed by atoms with Crippen LogP contribution >= 0.6 is 0 Å². The van der Waals surface area contributed by atoms with Crippen molar-refractivity contribution in [1.29, 1.82) is 0 Å². The molecule has 6 heteroatoms. The first-order valence-electron chi connectivity index (χ1n) is 5.96. The van der Waals surface area contributed by atoms with Gasteiger partial charge >= 0.3 is 0 Å². The normalized spacial score (nSPS) is 20.7. The van der Waals surface area contributed by atoms with E-state index in [0.717, 1.165) is 30.8 Å². The zero-order chi connectivity index (χ0) is 13.1. The van der Waals surface area contributed by atoms with Gasteiger partial charge in [0.1, 0.15) is 0 Å². The number of anilines is 1. The Morgan fingerprint density at radius 2 is 2.39 bits per heavy atom. The molecule has 6 nitrogen and oxygen atoms in total. The van der Waals surface area contributed by atoms with E-state index in [-0.39, 0.29) is 5.84 Å². The molecule has 0 amide bonds. The van der Waals surface area contributed by atoms with E-state index >= 15 is 0 Å². The molecule has 1 aliphatic heterocycles. The van der Waals surface area contributed by atoms with E-state index in [1.54, 1.807) is 18.5 Å². The standard InChI is InChI=1S/C12H19N5O/c1-16(2)9-4-6-17(8-9)11-7-14-5-3-10(11)12(13)15-18/h3,5,7,9,18H,4,6,8H2,1-2H3,(H2,13,15). The fraction of sp³-hybridized carbons (Fsp3) is 0.500. The lowest BCUT2D eigenvalue weighted by atomic mass is 10.2. The Balaban J connectivity index is 2.25. The third kappa shape index (κ3) is 2.38. The van der Waals surface area contributed by atoms with Crippen molar-refractivity contribution >= 4 is 11.5 Å². The van der Waals surface area contributed by atoms with Gasteiger partial charge in [-0.15, -0.1) is 0 Å². The van der Waals surface area contributed by atoms with Gasteiger partial charge in [0.05, 0.1) is 11.9 Å². The fourth-order valence-electron chi connectivity index (χ4n) is 2.29. The van der Waals surface area contributed by atoms with E-state index in [2.05, 4.69) is 34.0 Å². The molecule has 1 saturated heterocycles. The molecule has 98 valence electrons. The molecule has 1 aliphatic rings.